The van der Waals surface area contributed by atoms with Crippen LogP contribution in [0.1, 0.15) is 60.8 Å². The highest BCUT2D eigenvalue weighted by atomic mass is 32.1. The van der Waals surface area contributed by atoms with Crippen molar-refractivity contribution >= 4 is 11.3 Å². The van der Waals surface area contributed by atoms with Gasteiger partial charge in [0.05, 0.1) is 6.61 Å². The molecule has 4 rings (SSSR count). The fraction of sp³-hybridized carbons (Fsp3) is 0.765. The summed E-state index contributed by atoms with van der Waals surface area (Å²) in [5, 5.41) is 3.57. The van der Waals surface area contributed by atoms with Gasteiger partial charge in [0.2, 0.25) is 5.92 Å². The van der Waals surface area contributed by atoms with E-state index in [4.69, 9.17) is 4.74 Å². The Hall–Kier alpha value is -0.520. The van der Waals surface area contributed by atoms with Crippen LogP contribution in [-0.2, 0) is 16.8 Å². The van der Waals surface area contributed by atoms with E-state index >= 15 is 0 Å². The Labute approximate surface area is 134 Å². The fourth-order valence-corrected chi connectivity index (χ4v) is 5.96. The summed E-state index contributed by atoms with van der Waals surface area (Å²) in [7, 11) is 0. The summed E-state index contributed by atoms with van der Waals surface area (Å²) in [4.78, 5) is 2.48. The number of thiophene rings is 1. The number of ether oxygens (including phenoxy) is 1. The van der Waals surface area contributed by atoms with Crippen molar-refractivity contribution in [3.63, 3.8) is 0 Å². The summed E-state index contributed by atoms with van der Waals surface area (Å²) in [6.07, 6.45) is 2.92. The SMILES string of the molecule is C[C@@H]1C[C@]2(C[C@H](C)N1)OCCc1cc(C3CC(F)(F)C3)sc12. The van der Waals surface area contributed by atoms with Crippen LogP contribution in [0.2, 0.25) is 0 Å². The Kier molecular flexibility index (Phi) is 3.41. The fourth-order valence-electron chi connectivity index (χ4n) is 4.49. The molecule has 5 heteroatoms. The van der Waals surface area contributed by atoms with Crippen LogP contribution in [-0.4, -0.2) is 24.6 Å². The molecule has 1 aromatic rings. The van der Waals surface area contributed by atoms with Crippen molar-refractivity contribution in [2.45, 2.75) is 75.5 Å². The summed E-state index contributed by atoms with van der Waals surface area (Å²) in [6.45, 7) is 5.16. The standard InChI is InChI=1S/C17H23F2NOS/c1-10-6-16(7-11(2)20-10)15-12(3-4-21-16)5-14(22-15)13-8-17(18,19)9-13/h5,10-11,13,20H,3-4,6-9H2,1-2H3/t10-,11+,16-. The number of hydrogen-bond acceptors (Lipinski definition) is 3. The highest BCUT2D eigenvalue weighted by Gasteiger charge is 2.49. The summed E-state index contributed by atoms with van der Waals surface area (Å²) in [5.74, 6) is -2.39. The van der Waals surface area contributed by atoms with Gasteiger partial charge in [-0.05, 0) is 44.7 Å². The topological polar surface area (TPSA) is 21.3 Å². The number of nitrogens with one attached hydrogen (secondary N) is 1. The van der Waals surface area contributed by atoms with E-state index in [2.05, 4.69) is 25.2 Å². The van der Waals surface area contributed by atoms with Crippen LogP contribution in [0.25, 0.3) is 0 Å². The molecule has 3 atom stereocenters. The lowest BCUT2D eigenvalue weighted by molar-refractivity contribution is -0.0933. The molecule has 1 saturated carbocycles. The highest BCUT2D eigenvalue weighted by Crippen LogP contribution is 2.53. The first kappa shape index (κ1) is 15.0. The van der Waals surface area contributed by atoms with Crippen LogP contribution in [0.3, 0.4) is 0 Å². The molecular weight excluding hydrogens is 304 g/mol. The minimum Gasteiger partial charge on any atom is -0.369 e. The molecule has 122 valence electrons. The third-order valence-corrected chi connectivity index (χ3v) is 6.85. The van der Waals surface area contributed by atoms with E-state index in [0.29, 0.717) is 12.1 Å². The van der Waals surface area contributed by atoms with Gasteiger partial charge in [-0.25, -0.2) is 8.78 Å². The molecule has 1 saturated heterocycles. The van der Waals surface area contributed by atoms with E-state index in [-0.39, 0.29) is 24.4 Å². The van der Waals surface area contributed by atoms with Gasteiger partial charge in [-0.1, -0.05) is 0 Å². The average Bonchev–Trinajstić information content (AvgIpc) is 2.80. The van der Waals surface area contributed by atoms with Crippen molar-refractivity contribution in [3.05, 3.63) is 21.4 Å². The van der Waals surface area contributed by atoms with Gasteiger partial charge >= 0.3 is 0 Å². The van der Waals surface area contributed by atoms with Crippen LogP contribution < -0.4 is 5.32 Å². The van der Waals surface area contributed by atoms with Gasteiger partial charge in [0.1, 0.15) is 5.60 Å². The zero-order chi connectivity index (χ0) is 15.5. The second-order valence-electron chi connectivity index (χ2n) is 7.43. The number of alkyl halides is 2. The molecule has 1 spiro atoms. The first-order valence-corrected chi connectivity index (χ1v) is 9.09. The predicted molar refractivity (Wildman–Crippen MR) is 83.9 cm³/mol. The zero-order valence-electron chi connectivity index (χ0n) is 13.1. The van der Waals surface area contributed by atoms with Gasteiger partial charge in [-0.15, -0.1) is 11.3 Å². The quantitative estimate of drug-likeness (QED) is 0.835. The van der Waals surface area contributed by atoms with E-state index < -0.39 is 5.92 Å². The van der Waals surface area contributed by atoms with Crippen molar-refractivity contribution in [1.29, 1.82) is 0 Å². The molecule has 22 heavy (non-hydrogen) atoms. The lowest BCUT2D eigenvalue weighted by Crippen LogP contribution is -2.52. The maximum absolute atomic E-state index is 13.2. The number of fused-ring (bicyclic) bond motifs is 2. The Morgan fingerprint density at radius 3 is 2.50 bits per heavy atom. The van der Waals surface area contributed by atoms with Crippen LogP contribution in [0.15, 0.2) is 6.07 Å². The number of piperidine rings is 1. The van der Waals surface area contributed by atoms with Gasteiger partial charge in [0.25, 0.3) is 0 Å². The normalized spacial score (nSPS) is 37.8. The van der Waals surface area contributed by atoms with Crippen LogP contribution in [0.5, 0.6) is 0 Å². The van der Waals surface area contributed by atoms with E-state index in [9.17, 15) is 8.78 Å². The van der Waals surface area contributed by atoms with E-state index in [1.807, 2.05) is 0 Å². The first-order valence-electron chi connectivity index (χ1n) is 8.28. The minimum atomic E-state index is -2.44. The predicted octanol–water partition coefficient (Wildman–Crippen LogP) is 4.19. The van der Waals surface area contributed by atoms with E-state index in [0.717, 1.165) is 30.7 Å². The van der Waals surface area contributed by atoms with E-state index in [1.54, 1.807) is 11.3 Å². The summed E-state index contributed by atoms with van der Waals surface area (Å²) >= 11 is 1.74. The molecule has 0 radical (unpaired) electrons. The molecule has 1 aliphatic carbocycles. The third kappa shape index (κ3) is 2.42. The van der Waals surface area contributed by atoms with Crippen molar-refractivity contribution in [2.24, 2.45) is 0 Å². The molecule has 0 unspecified atom stereocenters. The molecule has 2 nitrogen and oxygen atoms in total. The highest BCUT2D eigenvalue weighted by molar-refractivity contribution is 7.12. The molecular formula is C17H23F2NOS. The summed E-state index contributed by atoms with van der Waals surface area (Å²) < 4.78 is 32.6. The number of halogens is 2. The molecule has 3 aliphatic rings. The molecule has 0 aromatic carbocycles. The maximum Gasteiger partial charge on any atom is 0.249 e. The Bertz CT molecular complexity index is 567. The molecule has 1 aromatic heterocycles. The Morgan fingerprint density at radius 2 is 1.86 bits per heavy atom. The van der Waals surface area contributed by atoms with E-state index in [1.165, 1.54) is 10.4 Å². The van der Waals surface area contributed by atoms with Crippen molar-refractivity contribution in [1.82, 2.24) is 5.32 Å². The lowest BCUT2D eigenvalue weighted by Gasteiger charge is -2.45. The monoisotopic (exact) mass is 327 g/mol. The maximum atomic E-state index is 13.2. The smallest absolute Gasteiger partial charge is 0.249 e. The van der Waals surface area contributed by atoms with Crippen molar-refractivity contribution in [2.75, 3.05) is 6.61 Å². The van der Waals surface area contributed by atoms with Crippen LogP contribution in [0, 0.1) is 0 Å². The molecule has 0 amide bonds. The second kappa shape index (κ2) is 4.99. The summed E-state index contributed by atoms with van der Waals surface area (Å²) in [6, 6.07) is 3.04. The number of hydrogen-bond donors (Lipinski definition) is 1. The van der Waals surface area contributed by atoms with Crippen LogP contribution in [0.4, 0.5) is 8.78 Å². The van der Waals surface area contributed by atoms with Gasteiger partial charge in [0, 0.05) is 40.6 Å². The summed E-state index contributed by atoms with van der Waals surface area (Å²) in [5.41, 5.74) is 1.16. The third-order valence-electron chi connectivity index (χ3n) is 5.32. The Morgan fingerprint density at radius 1 is 1.18 bits per heavy atom. The molecule has 2 fully saturated rings. The first-order chi connectivity index (χ1) is 10.4. The largest absolute Gasteiger partial charge is 0.369 e. The van der Waals surface area contributed by atoms with Gasteiger partial charge in [0.15, 0.2) is 0 Å². The number of rotatable bonds is 1. The molecule has 2 aliphatic heterocycles. The Balaban J connectivity index is 1.65. The average molecular weight is 327 g/mol. The lowest BCUT2D eigenvalue weighted by atomic mass is 9.79. The minimum absolute atomic E-state index is 0.0224. The molecule has 0 bridgehead atoms. The van der Waals surface area contributed by atoms with Crippen LogP contribution >= 0.6 is 11.3 Å². The van der Waals surface area contributed by atoms with Gasteiger partial charge < -0.3 is 10.1 Å². The van der Waals surface area contributed by atoms with Crippen molar-refractivity contribution in [3.8, 4) is 0 Å². The molecule has 1 N–H and O–H groups in total. The zero-order valence-corrected chi connectivity index (χ0v) is 13.9. The van der Waals surface area contributed by atoms with Gasteiger partial charge in [-0.3, -0.25) is 0 Å². The molecule has 3 heterocycles. The van der Waals surface area contributed by atoms with Crippen molar-refractivity contribution < 1.29 is 13.5 Å². The second-order valence-corrected chi connectivity index (χ2v) is 8.52. The van der Waals surface area contributed by atoms with Gasteiger partial charge in [-0.2, -0.15) is 0 Å².